The average molecular weight is 343 g/mol. The van der Waals surface area contributed by atoms with Crippen LogP contribution in [0.4, 0.5) is 0 Å². The molecule has 3 saturated heterocycles. The molecule has 1 unspecified atom stereocenters. The van der Waals surface area contributed by atoms with Crippen LogP contribution in [0.25, 0.3) is 0 Å². The zero-order chi connectivity index (χ0) is 16.5. The highest BCUT2D eigenvalue weighted by molar-refractivity contribution is 7.15. The quantitative estimate of drug-likeness (QED) is 0.927. The molecule has 4 heterocycles. The number of benzene rings is 1. The molecule has 1 N–H and O–H groups in total. The monoisotopic (exact) mass is 343 g/mol. The smallest absolute Gasteiger partial charge is 0.280 e. The molecule has 6 heteroatoms. The van der Waals surface area contributed by atoms with Gasteiger partial charge in [0.15, 0.2) is 5.01 Å². The molecule has 0 saturated carbocycles. The number of carbonyl (C=O) groups is 1. The van der Waals surface area contributed by atoms with E-state index in [4.69, 9.17) is 4.74 Å². The molecule has 3 fully saturated rings. The Balaban J connectivity index is 1.39. The Hall–Kier alpha value is -1.92. The van der Waals surface area contributed by atoms with Gasteiger partial charge in [0, 0.05) is 12.6 Å². The van der Waals surface area contributed by atoms with Crippen molar-refractivity contribution in [2.45, 2.75) is 25.8 Å². The van der Waals surface area contributed by atoms with Crippen molar-refractivity contribution in [1.82, 2.24) is 15.2 Å². The van der Waals surface area contributed by atoms with E-state index in [9.17, 15) is 4.79 Å². The van der Waals surface area contributed by atoms with Gasteiger partial charge in [-0.05, 0) is 50.9 Å². The molecule has 2 aromatic rings. The molecule has 1 aromatic heterocycles. The summed E-state index contributed by atoms with van der Waals surface area (Å²) in [6, 6.07) is 8.09. The molecular weight excluding hydrogens is 322 g/mol. The lowest BCUT2D eigenvalue weighted by Crippen LogP contribution is -2.57. The van der Waals surface area contributed by atoms with E-state index in [-0.39, 0.29) is 11.9 Å². The predicted octanol–water partition coefficient (Wildman–Crippen LogP) is 3.07. The van der Waals surface area contributed by atoms with Gasteiger partial charge in [0.2, 0.25) is 5.06 Å². The normalized spacial score (nSPS) is 25.5. The fraction of sp³-hybridized carbons (Fsp3) is 0.444. The van der Waals surface area contributed by atoms with E-state index >= 15 is 0 Å². The zero-order valence-corrected chi connectivity index (χ0v) is 14.5. The SMILES string of the molecule is Cc1ccc(Oc2cnc(C(=O)NC3CN4CCC3CC4)s2)cc1. The van der Waals surface area contributed by atoms with Gasteiger partial charge in [0.1, 0.15) is 5.75 Å². The standard InChI is InChI=1S/C18H21N3O2S/c1-12-2-4-14(5-3-12)23-16-10-19-18(24-16)17(22)20-15-11-21-8-6-13(15)7-9-21/h2-5,10,13,15H,6-9,11H2,1H3,(H,20,22). The van der Waals surface area contributed by atoms with Gasteiger partial charge in [-0.1, -0.05) is 29.0 Å². The Labute approximate surface area is 145 Å². The maximum absolute atomic E-state index is 12.5. The van der Waals surface area contributed by atoms with E-state index in [1.54, 1.807) is 6.20 Å². The van der Waals surface area contributed by atoms with E-state index in [2.05, 4.69) is 15.2 Å². The summed E-state index contributed by atoms with van der Waals surface area (Å²) in [5, 5.41) is 4.27. The van der Waals surface area contributed by atoms with Gasteiger partial charge in [0.25, 0.3) is 5.91 Å². The Kier molecular flexibility index (Phi) is 4.24. The molecule has 0 aliphatic carbocycles. The molecule has 1 aromatic carbocycles. The Morgan fingerprint density at radius 3 is 2.71 bits per heavy atom. The number of hydrogen-bond donors (Lipinski definition) is 1. The summed E-state index contributed by atoms with van der Waals surface area (Å²) in [7, 11) is 0. The van der Waals surface area contributed by atoms with Crippen LogP contribution in [0.2, 0.25) is 0 Å². The van der Waals surface area contributed by atoms with Crippen LogP contribution in [0.1, 0.15) is 28.2 Å². The Morgan fingerprint density at radius 2 is 2.04 bits per heavy atom. The zero-order valence-electron chi connectivity index (χ0n) is 13.7. The molecule has 5 rings (SSSR count). The molecular formula is C18H21N3O2S. The van der Waals surface area contributed by atoms with Crippen molar-refractivity contribution in [3.63, 3.8) is 0 Å². The van der Waals surface area contributed by atoms with Crippen LogP contribution in [0.15, 0.2) is 30.5 Å². The summed E-state index contributed by atoms with van der Waals surface area (Å²) in [4.78, 5) is 19.1. The molecule has 126 valence electrons. The van der Waals surface area contributed by atoms with E-state index in [0.29, 0.717) is 16.0 Å². The molecule has 24 heavy (non-hydrogen) atoms. The van der Waals surface area contributed by atoms with Crippen LogP contribution in [0, 0.1) is 12.8 Å². The maximum atomic E-state index is 12.5. The minimum absolute atomic E-state index is 0.0856. The van der Waals surface area contributed by atoms with Gasteiger partial charge in [0.05, 0.1) is 6.20 Å². The molecule has 3 aliphatic heterocycles. The van der Waals surface area contributed by atoms with Gasteiger partial charge in [-0.3, -0.25) is 4.79 Å². The molecule has 5 nitrogen and oxygen atoms in total. The van der Waals surface area contributed by atoms with Crippen LogP contribution in [-0.2, 0) is 0 Å². The number of ether oxygens (including phenoxy) is 1. The minimum Gasteiger partial charge on any atom is -0.445 e. The summed E-state index contributed by atoms with van der Waals surface area (Å²) in [6.07, 6.45) is 3.99. The van der Waals surface area contributed by atoms with E-state index in [0.717, 1.165) is 12.3 Å². The number of rotatable bonds is 4. The predicted molar refractivity (Wildman–Crippen MR) is 93.8 cm³/mol. The van der Waals surface area contributed by atoms with Crippen molar-refractivity contribution in [2.75, 3.05) is 19.6 Å². The van der Waals surface area contributed by atoms with Crippen LogP contribution in [0.3, 0.4) is 0 Å². The highest BCUT2D eigenvalue weighted by atomic mass is 32.1. The molecule has 1 amide bonds. The summed E-state index contributed by atoms with van der Waals surface area (Å²) < 4.78 is 5.77. The van der Waals surface area contributed by atoms with Gasteiger partial charge in [-0.15, -0.1) is 0 Å². The topological polar surface area (TPSA) is 54.5 Å². The number of piperidine rings is 3. The number of fused-ring (bicyclic) bond motifs is 3. The first kappa shape index (κ1) is 15.6. The third-order valence-corrected chi connectivity index (χ3v) is 5.76. The second-order valence-electron chi connectivity index (χ2n) is 6.62. The van der Waals surface area contributed by atoms with Crippen molar-refractivity contribution in [2.24, 2.45) is 5.92 Å². The molecule has 1 atom stereocenters. The summed E-state index contributed by atoms with van der Waals surface area (Å²) >= 11 is 1.29. The first-order chi connectivity index (χ1) is 11.7. The minimum atomic E-state index is -0.0856. The van der Waals surface area contributed by atoms with E-state index < -0.39 is 0 Å². The van der Waals surface area contributed by atoms with Crippen molar-refractivity contribution >= 4 is 17.2 Å². The van der Waals surface area contributed by atoms with Crippen molar-refractivity contribution in [3.8, 4) is 10.8 Å². The fourth-order valence-corrected chi connectivity index (χ4v) is 4.18. The number of carbonyl (C=O) groups excluding carboxylic acids is 1. The summed E-state index contributed by atoms with van der Waals surface area (Å²) in [5.41, 5.74) is 1.18. The molecule has 0 radical (unpaired) electrons. The number of hydrogen-bond acceptors (Lipinski definition) is 5. The van der Waals surface area contributed by atoms with Crippen LogP contribution < -0.4 is 10.1 Å². The first-order valence-corrected chi connectivity index (χ1v) is 9.22. The lowest BCUT2D eigenvalue weighted by atomic mass is 9.84. The van der Waals surface area contributed by atoms with E-state index in [1.807, 2.05) is 31.2 Å². The first-order valence-electron chi connectivity index (χ1n) is 8.41. The van der Waals surface area contributed by atoms with Crippen LogP contribution in [0.5, 0.6) is 10.8 Å². The third-order valence-electron chi connectivity index (χ3n) is 4.89. The van der Waals surface area contributed by atoms with Crippen molar-refractivity contribution in [1.29, 1.82) is 0 Å². The number of amides is 1. The highest BCUT2D eigenvalue weighted by Crippen LogP contribution is 2.30. The highest BCUT2D eigenvalue weighted by Gasteiger charge is 2.35. The second-order valence-corrected chi connectivity index (χ2v) is 7.61. The van der Waals surface area contributed by atoms with Gasteiger partial charge < -0.3 is 15.0 Å². The lowest BCUT2D eigenvalue weighted by molar-refractivity contribution is 0.0620. The van der Waals surface area contributed by atoms with Crippen molar-refractivity contribution < 1.29 is 9.53 Å². The van der Waals surface area contributed by atoms with Gasteiger partial charge in [-0.25, -0.2) is 4.98 Å². The van der Waals surface area contributed by atoms with Crippen LogP contribution >= 0.6 is 11.3 Å². The number of thiazole rings is 1. The summed E-state index contributed by atoms with van der Waals surface area (Å²) in [6.45, 7) is 5.34. The largest absolute Gasteiger partial charge is 0.445 e. The van der Waals surface area contributed by atoms with E-state index in [1.165, 1.54) is 42.8 Å². The van der Waals surface area contributed by atoms with Crippen LogP contribution in [-0.4, -0.2) is 41.5 Å². The Morgan fingerprint density at radius 1 is 1.29 bits per heavy atom. The third kappa shape index (κ3) is 3.30. The maximum Gasteiger partial charge on any atom is 0.280 e. The second kappa shape index (κ2) is 6.53. The molecule has 3 aliphatic rings. The number of aromatic nitrogens is 1. The molecule has 2 bridgehead atoms. The van der Waals surface area contributed by atoms with Gasteiger partial charge >= 0.3 is 0 Å². The number of nitrogens with zero attached hydrogens (tertiary/aromatic N) is 2. The molecule has 0 spiro atoms. The van der Waals surface area contributed by atoms with Gasteiger partial charge in [-0.2, -0.15) is 0 Å². The lowest BCUT2D eigenvalue weighted by Gasteiger charge is -2.44. The average Bonchev–Trinajstić information content (AvgIpc) is 3.07. The summed E-state index contributed by atoms with van der Waals surface area (Å²) in [5.74, 6) is 1.29. The fourth-order valence-electron chi connectivity index (χ4n) is 3.49. The van der Waals surface area contributed by atoms with Crippen molar-refractivity contribution in [3.05, 3.63) is 41.0 Å². The Bertz CT molecular complexity index is 720. The number of aryl methyl sites for hydroxylation is 1. The number of nitrogens with one attached hydrogen (secondary N) is 1.